The van der Waals surface area contributed by atoms with Crippen LogP contribution in [0.2, 0.25) is 0 Å². The highest BCUT2D eigenvalue weighted by molar-refractivity contribution is 5.65. The maximum absolute atomic E-state index is 9.28. The van der Waals surface area contributed by atoms with E-state index < -0.39 is 0 Å². The molecule has 0 aliphatic rings. The van der Waals surface area contributed by atoms with E-state index >= 15 is 0 Å². The molecule has 0 bridgehead atoms. The van der Waals surface area contributed by atoms with E-state index in [1.54, 1.807) is 4.68 Å². The normalized spacial score (nSPS) is 10.4. The summed E-state index contributed by atoms with van der Waals surface area (Å²) in [4.78, 5) is 0. The van der Waals surface area contributed by atoms with E-state index in [0.717, 1.165) is 22.6 Å². The summed E-state index contributed by atoms with van der Waals surface area (Å²) in [6.07, 6.45) is 0. The molecule has 0 radical (unpaired) electrons. The van der Waals surface area contributed by atoms with Gasteiger partial charge < -0.3 is 4.74 Å². The topological polar surface area (TPSA) is 63.7 Å². The maximum Gasteiger partial charge on any atom is 0.190 e. The Hall–Kier alpha value is -3.13. The van der Waals surface area contributed by atoms with Crippen LogP contribution in [0.3, 0.4) is 0 Å². The lowest BCUT2D eigenvalue weighted by Gasteiger charge is -2.09. The van der Waals surface area contributed by atoms with Crippen molar-refractivity contribution in [3.63, 3.8) is 0 Å². The largest absolute Gasteiger partial charge is 0.492 e. The van der Waals surface area contributed by atoms with Gasteiger partial charge in [-0.3, -0.25) is 0 Å². The van der Waals surface area contributed by atoms with Gasteiger partial charge in [0.05, 0.1) is 6.54 Å². The van der Waals surface area contributed by atoms with E-state index in [1.165, 1.54) is 5.56 Å². The van der Waals surface area contributed by atoms with Crippen LogP contribution in [-0.2, 0) is 6.54 Å². The molecular formula is C19H18N4O. The molecule has 0 aliphatic carbocycles. The van der Waals surface area contributed by atoms with E-state index in [2.05, 4.69) is 16.4 Å². The van der Waals surface area contributed by atoms with Crippen LogP contribution in [0, 0.1) is 25.2 Å². The Balaban J connectivity index is 1.78. The van der Waals surface area contributed by atoms with Crippen LogP contribution in [0.15, 0.2) is 48.5 Å². The van der Waals surface area contributed by atoms with Crippen molar-refractivity contribution in [1.82, 2.24) is 15.0 Å². The quantitative estimate of drug-likeness (QED) is 0.722. The van der Waals surface area contributed by atoms with Gasteiger partial charge in [0, 0.05) is 5.56 Å². The highest BCUT2D eigenvalue weighted by Gasteiger charge is 2.14. The molecule has 5 heteroatoms. The van der Waals surface area contributed by atoms with E-state index in [4.69, 9.17) is 4.74 Å². The molecule has 0 spiro atoms. The Morgan fingerprint density at radius 1 is 1.08 bits per heavy atom. The standard InChI is InChI=1S/C19H18N4O/c1-14-6-8-16(9-7-14)19-18(13-20)21-22-23(19)10-11-24-17-5-3-4-15(2)12-17/h3-9,12H,10-11H2,1-2H3. The van der Waals surface area contributed by atoms with Crippen molar-refractivity contribution in [2.45, 2.75) is 20.4 Å². The predicted octanol–water partition coefficient (Wildman–Crippen LogP) is 3.51. The van der Waals surface area contributed by atoms with E-state index in [9.17, 15) is 5.26 Å². The van der Waals surface area contributed by atoms with Crippen LogP contribution < -0.4 is 4.74 Å². The summed E-state index contributed by atoms with van der Waals surface area (Å²) in [6, 6.07) is 18.0. The predicted molar refractivity (Wildman–Crippen MR) is 91.6 cm³/mol. The number of aryl methyl sites for hydroxylation is 2. The van der Waals surface area contributed by atoms with Crippen molar-refractivity contribution >= 4 is 0 Å². The van der Waals surface area contributed by atoms with Crippen molar-refractivity contribution in [2.24, 2.45) is 0 Å². The highest BCUT2D eigenvalue weighted by atomic mass is 16.5. The molecule has 2 aromatic carbocycles. The maximum atomic E-state index is 9.28. The molecule has 5 nitrogen and oxygen atoms in total. The van der Waals surface area contributed by atoms with E-state index in [0.29, 0.717) is 18.8 Å². The second kappa shape index (κ2) is 6.97. The zero-order valence-corrected chi connectivity index (χ0v) is 13.7. The fourth-order valence-corrected chi connectivity index (χ4v) is 2.50. The molecule has 3 rings (SSSR count). The Bertz CT molecular complexity index is 875. The van der Waals surface area contributed by atoms with Gasteiger partial charge in [0.2, 0.25) is 0 Å². The molecule has 0 saturated carbocycles. The minimum Gasteiger partial charge on any atom is -0.492 e. The van der Waals surface area contributed by atoms with Crippen molar-refractivity contribution < 1.29 is 4.74 Å². The van der Waals surface area contributed by atoms with Gasteiger partial charge in [0.1, 0.15) is 24.1 Å². The summed E-state index contributed by atoms with van der Waals surface area (Å²) < 4.78 is 7.49. The third kappa shape index (κ3) is 3.44. The Morgan fingerprint density at radius 2 is 1.88 bits per heavy atom. The minimum absolute atomic E-state index is 0.328. The van der Waals surface area contributed by atoms with E-state index in [-0.39, 0.29) is 0 Å². The molecular weight excluding hydrogens is 300 g/mol. The molecule has 1 heterocycles. The molecule has 0 amide bonds. The first kappa shape index (κ1) is 15.8. The summed E-state index contributed by atoms with van der Waals surface area (Å²) in [5, 5.41) is 17.4. The first-order valence-corrected chi connectivity index (χ1v) is 7.77. The van der Waals surface area contributed by atoms with Crippen molar-refractivity contribution in [3.05, 3.63) is 65.4 Å². The van der Waals surface area contributed by atoms with Gasteiger partial charge in [-0.25, -0.2) is 4.68 Å². The smallest absolute Gasteiger partial charge is 0.190 e. The Labute approximate surface area is 141 Å². The third-order valence-electron chi connectivity index (χ3n) is 3.73. The molecule has 0 fully saturated rings. The highest BCUT2D eigenvalue weighted by Crippen LogP contribution is 2.22. The van der Waals surface area contributed by atoms with Gasteiger partial charge in [0.25, 0.3) is 0 Å². The molecule has 120 valence electrons. The Kier molecular flexibility index (Phi) is 4.57. The van der Waals surface area contributed by atoms with Gasteiger partial charge >= 0.3 is 0 Å². The summed E-state index contributed by atoms with van der Waals surface area (Å²) in [6.45, 7) is 5.03. The van der Waals surface area contributed by atoms with Gasteiger partial charge in [-0.15, -0.1) is 5.10 Å². The molecule has 0 N–H and O–H groups in total. The zero-order valence-electron chi connectivity index (χ0n) is 13.7. The van der Waals surface area contributed by atoms with Crippen LogP contribution in [-0.4, -0.2) is 21.6 Å². The first-order valence-electron chi connectivity index (χ1n) is 7.77. The lowest BCUT2D eigenvalue weighted by atomic mass is 10.1. The molecule has 24 heavy (non-hydrogen) atoms. The van der Waals surface area contributed by atoms with Gasteiger partial charge in [0.15, 0.2) is 5.69 Å². The summed E-state index contributed by atoms with van der Waals surface area (Å²) in [7, 11) is 0. The van der Waals surface area contributed by atoms with Crippen LogP contribution in [0.1, 0.15) is 16.8 Å². The average molecular weight is 318 g/mol. The lowest BCUT2D eigenvalue weighted by molar-refractivity contribution is 0.290. The number of rotatable bonds is 5. The Morgan fingerprint density at radius 3 is 2.58 bits per heavy atom. The van der Waals surface area contributed by atoms with Crippen molar-refractivity contribution in [1.29, 1.82) is 5.26 Å². The number of hydrogen-bond acceptors (Lipinski definition) is 4. The monoisotopic (exact) mass is 318 g/mol. The summed E-state index contributed by atoms with van der Waals surface area (Å²) in [5.74, 6) is 0.826. The average Bonchev–Trinajstić information content (AvgIpc) is 2.99. The second-order valence-electron chi connectivity index (χ2n) is 5.65. The first-order chi connectivity index (χ1) is 11.7. The zero-order chi connectivity index (χ0) is 16.9. The van der Waals surface area contributed by atoms with Gasteiger partial charge in [-0.1, -0.05) is 47.2 Å². The fourth-order valence-electron chi connectivity index (χ4n) is 2.50. The fraction of sp³-hybridized carbons (Fsp3) is 0.211. The molecule has 0 unspecified atom stereocenters. The number of aromatic nitrogens is 3. The minimum atomic E-state index is 0.328. The molecule has 0 atom stereocenters. The molecule has 3 aromatic rings. The number of hydrogen-bond donors (Lipinski definition) is 0. The van der Waals surface area contributed by atoms with Crippen LogP contribution in [0.5, 0.6) is 5.75 Å². The second-order valence-corrected chi connectivity index (χ2v) is 5.65. The number of benzene rings is 2. The van der Waals surface area contributed by atoms with Crippen LogP contribution >= 0.6 is 0 Å². The van der Waals surface area contributed by atoms with Gasteiger partial charge in [-0.05, 0) is 31.5 Å². The van der Waals surface area contributed by atoms with E-state index in [1.807, 2.05) is 62.4 Å². The van der Waals surface area contributed by atoms with Crippen molar-refractivity contribution in [2.75, 3.05) is 6.61 Å². The lowest BCUT2D eigenvalue weighted by Crippen LogP contribution is -2.11. The molecule has 1 aromatic heterocycles. The van der Waals surface area contributed by atoms with Crippen molar-refractivity contribution in [3.8, 4) is 23.1 Å². The third-order valence-corrected chi connectivity index (χ3v) is 3.73. The van der Waals surface area contributed by atoms with Gasteiger partial charge in [-0.2, -0.15) is 5.26 Å². The summed E-state index contributed by atoms with van der Waals surface area (Å²) in [5.41, 5.74) is 4.30. The number of nitrogens with zero attached hydrogens (tertiary/aromatic N) is 4. The number of ether oxygens (including phenoxy) is 1. The van der Waals surface area contributed by atoms with Crippen LogP contribution in [0.25, 0.3) is 11.3 Å². The molecule has 0 saturated heterocycles. The molecule has 0 aliphatic heterocycles. The van der Waals surface area contributed by atoms with Crippen LogP contribution in [0.4, 0.5) is 0 Å². The SMILES string of the molecule is Cc1ccc(-c2c(C#N)nnn2CCOc2cccc(C)c2)cc1. The summed E-state index contributed by atoms with van der Waals surface area (Å²) >= 11 is 0. The number of nitriles is 1.